The topological polar surface area (TPSA) is 175 Å². The minimum absolute atomic E-state index is 0.00118. The number of benzene rings is 3. The van der Waals surface area contributed by atoms with Gasteiger partial charge in [0.25, 0.3) is 0 Å². The van der Waals surface area contributed by atoms with Gasteiger partial charge >= 0.3 is 11.9 Å². The molecule has 0 amide bonds. The monoisotopic (exact) mass is 861 g/mol. The second-order valence-corrected chi connectivity index (χ2v) is 21.1. The SMILES string of the molecule is C=CCO[C@H]1[C@H](OCc2ccccc2)[C@@H](OC(C)=O)[C@H](O[C@H]2[C@H](OCc3ccccc3)[C@@H](N=[N+]=[N-])[C@H](O[Si](C)(C)C(C)(C)C)O[C@@H]2COCc2ccccc2)O[C@H]1C(=O)OC. The van der Waals surface area contributed by atoms with E-state index in [1.54, 1.807) is 0 Å². The van der Waals surface area contributed by atoms with Gasteiger partial charge in [-0.3, -0.25) is 4.79 Å². The van der Waals surface area contributed by atoms with Gasteiger partial charge in [-0.15, -0.1) is 6.58 Å². The zero-order chi connectivity index (χ0) is 44.0. The first-order valence-corrected chi connectivity index (χ1v) is 23.3. The van der Waals surface area contributed by atoms with Crippen LogP contribution in [0, 0.1) is 0 Å². The van der Waals surface area contributed by atoms with Crippen LogP contribution in [-0.2, 0) is 76.5 Å². The predicted molar refractivity (Wildman–Crippen MR) is 227 cm³/mol. The molecule has 2 aliphatic rings. The Morgan fingerprint density at radius 2 is 1.34 bits per heavy atom. The van der Waals surface area contributed by atoms with Gasteiger partial charge in [0.15, 0.2) is 33.1 Å². The van der Waals surface area contributed by atoms with E-state index in [9.17, 15) is 15.1 Å². The van der Waals surface area contributed by atoms with E-state index in [4.69, 9.17) is 47.1 Å². The Labute approximate surface area is 359 Å². The molecule has 10 atom stereocenters. The molecule has 0 aromatic heterocycles. The maximum atomic E-state index is 13.6. The first kappa shape index (κ1) is 47.6. The summed E-state index contributed by atoms with van der Waals surface area (Å²) in [6, 6.07) is 27.4. The fourth-order valence-electron chi connectivity index (χ4n) is 6.78. The van der Waals surface area contributed by atoms with Gasteiger partial charge in [-0.05, 0) is 40.4 Å². The van der Waals surface area contributed by atoms with Crippen molar-refractivity contribution >= 4 is 20.3 Å². The minimum Gasteiger partial charge on any atom is -0.467 e. The standard InChI is InChI=1S/C45H59N3O12Si/c1-9-25-53-38-39(55-28-33-23-17-12-18-24-33)41(56-30(2)49)44(59-40(38)42(50)51-6)58-36-34(29-52-26-31-19-13-10-14-20-31)57-43(60-61(7,8)45(3,4)5)35(47-48-46)37(36)54-27-32-21-15-11-16-22-32/h9-24,34-41,43-44H,1,25-29H2,2-8H3/t34-,35-,36-,37-,38+,39+,40-,41-,43+,44-/m1/s1. The summed E-state index contributed by atoms with van der Waals surface area (Å²) in [5, 5.41) is 3.98. The number of ether oxygens (including phenoxy) is 9. The van der Waals surface area contributed by atoms with E-state index in [-0.39, 0.29) is 38.1 Å². The molecule has 0 spiro atoms. The third kappa shape index (κ3) is 13.0. The quantitative estimate of drug-likeness (QED) is 0.0272. The van der Waals surface area contributed by atoms with E-state index in [1.165, 1.54) is 20.1 Å². The first-order valence-electron chi connectivity index (χ1n) is 20.3. The highest BCUT2D eigenvalue weighted by Gasteiger charge is 2.57. The Morgan fingerprint density at radius 1 is 0.787 bits per heavy atom. The molecule has 61 heavy (non-hydrogen) atoms. The highest BCUT2D eigenvalue weighted by Crippen LogP contribution is 2.41. The average molecular weight is 862 g/mol. The molecular formula is C45H59N3O12Si. The lowest BCUT2D eigenvalue weighted by Gasteiger charge is -2.50. The summed E-state index contributed by atoms with van der Waals surface area (Å²) in [6.07, 6.45) is -9.31. The van der Waals surface area contributed by atoms with Crippen molar-refractivity contribution < 1.29 is 56.6 Å². The second kappa shape index (κ2) is 22.6. The van der Waals surface area contributed by atoms with Crippen molar-refractivity contribution in [2.24, 2.45) is 5.11 Å². The van der Waals surface area contributed by atoms with Crippen molar-refractivity contribution in [2.45, 2.75) is 127 Å². The summed E-state index contributed by atoms with van der Waals surface area (Å²) in [7, 11) is -1.37. The highest BCUT2D eigenvalue weighted by atomic mass is 28.4. The van der Waals surface area contributed by atoms with Crippen molar-refractivity contribution in [3.8, 4) is 0 Å². The summed E-state index contributed by atoms with van der Waals surface area (Å²) in [5.74, 6) is -1.46. The molecule has 0 aliphatic carbocycles. The number of azide groups is 1. The number of hydrogen-bond acceptors (Lipinski definition) is 13. The number of carbonyl (C=O) groups is 2. The molecular weight excluding hydrogens is 803 g/mol. The highest BCUT2D eigenvalue weighted by molar-refractivity contribution is 6.74. The Bertz CT molecular complexity index is 1880. The minimum atomic E-state index is -2.59. The molecule has 2 heterocycles. The van der Waals surface area contributed by atoms with Crippen LogP contribution in [0.15, 0.2) is 109 Å². The van der Waals surface area contributed by atoms with E-state index >= 15 is 0 Å². The third-order valence-corrected chi connectivity index (χ3v) is 15.3. The third-order valence-electron chi connectivity index (χ3n) is 10.9. The summed E-state index contributed by atoms with van der Waals surface area (Å²) < 4.78 is 63.8. The fraction of sp³-hybridized carbons (Fsp3) is 0.511. The summed E-state index contributed by atoms with van der Waals surface area (Å²) in [4.78, 5) is 29.7. The smallest absolute Gasteiger partial charge is 0.337 e. The van der Waals surface area contributed by atoms with Crippen molar-refractivity contribution in [1.29, 1.82) is 0 Å². The number of hydrogen-bond donors (Lipinski definition) is 0. The summed E-state index contributed by atoms with van der Waals surface area (Å²) in [5.41, 5.74) is 12.6. The number of nitrogens with zero attached hydrogens (tertiary/aromatic N) is 3. The Kier molecular flexibility index (Phi) is 17.6. The summed E-state index contributed by atoms with van der Waals surface area (Å²) >= 11 is 0. The van der Waals surface area contributed by atoms with Gasteiger partial charge in [-0.25, -0.2) is 4.79 Å². The molecule has 0 saturated carbocycles. The molecule has 2 saturated heterocycles. The molecule has 2 aliphatic heterocycles. The molecule has 0 radical (unpaired) electrons. The van der Waals surface area contributed by atoms with Gasteiger partial charge in [-0.1, -0.05) is 123 Å². The van der Waals surface area contributed by atoms with Crippen molar-refractivity contribution in [2.75, 3.05) is 20.3 Å². The van der Waals surface area contributed by atoms with E-state index < -0.39 is 81.6 Å². The van der Waals surface area contributed by atoms with Gasteiger partial charge < -0.3 is 47.1 Å². The molecule has 15 nitrogen and oxygen atoms in total. The van der Waals surface area contributed by atoms with Crippen LogP contribution in [-0.4, -0.2) is 102 Å². The van der Waals surface area contributed by atoms with Crippen LogP contribution in [0.1, 0.15) is 44.4 Å². The number of carbonyl (C=O) groups excluding carboxylic acids is 2. The van der Waals surface area contributed by atoms with Gasteiger partial charge in [0.1, 0.15) is 36.6 Å². The van der Waals surface area contributed by atoms with Gasteiger partial charge in [-0.2, -0.15) is 0 Å². The van der Waals surface area contributed by atoms with Crippen molar-refractivity contribution in [1.82, 2.24) is 0 Å². The Balaban J connectivity index is 1.61. The Hall–Kier alpha value is -4.45. The maximum absolute atomic E-state index is 13.6. The largest absolute Gasteiger partial charge is 0.467 e. The van der Waals surface area contributed by atoms with E-state index in [0.29, 0.717) is 0 Å². The number of rotatable bonds is 20. The first-order chi connectivity index (χ1) is 29.3. The van der Waals surface area contributed by atoms with Crippen molar-refractivity contribution in [3.63, 3.8) is 0 Å². The number of esters is 2. The maximum Gasteiger partial charge on any atom is 0.337 e. The van der Waals surface area contributed by atoms with Gasteiger partial charge in [0.05, 0.1) is 40.1 Å². The molecule has 0 bridgehead atoms. The van der Waals surface area contributed by atoms with E-state index in [0.717, 1.165) is 16.7 Å². The molecule has 16 heteroatoms. The fourth-order valence-corrected chi connectivity index (χ4v) is 7.91. The predicted octanol–water partition coefficient (Wildman–Crippen LogP) is 7.59. The van der Waals surface area contributed by atoms with Gasteiger partial charge in [0.2, 0.25) is 0 Å². The van der Waals surface area contributed by atoms with Crippen LogP contribution in [0.25, 0.3) is 10.4 Å². The zero-order valence-corrected chi connectivity index (χ0v) is 37.0. The zero-order valence-electron chi connectivity index (χ0n) is 36.0. The Morgan fingerprint density at radius 3 is 1.85 bits per heavy atom. The molecule has 0 unspecified atom stereocenters. The molecule has 2 fully saturated rings. The van der Waals surface area contributed by atoms with Crippen LogP contribution in [0.5, 0.6) is 0 Å². The normalized spacial score (nSPS) is 26.7. The van der Waals surface area contributed by atoms with Crippen LogP contribution in [0.4, 0.5) is 0 Å². The lowest BCUT2D eigenvalue weighted by molar-refractivity contribution is -0.349. The lowest BCUT2D eigenvalue weighted by Crippen LogP contribution is -2.67. The summed E-state index contributed by atoms with van der Waals surface area (Å²) in [6.45, 7) is 15.7. The van der Waals surface area contributed by atoms with Crippen LogP contribution in [0.3, 0.4) is 0 Å². The van der Waals surface area contributed by atoms with E-state index in [1.807, 2.05) is 91.0 Å². The van der Waals surface area contributed by atoms with Crippen LogP contribution in [0.2, 0.25) is 18.1 Å². The molecule has 5 rings (SSSR count). The average Bonchev–Trinajstić information content (AvgIpc) is 3.24. The van der Waals surface area contributed by atoms with E-state index in [2.05, 4.69) is 50.5 Å². The second-order valence-electron chi connectivity index (χ2n) is 16.3. The number of methoxy groups -OCH3 is 1. The van der Waals surface area contributed by atoms with Crippen LogP contribution >= 0.6 is 0 Å². The molecule has 3 aromatic rings. The molecule has 3 aromatic carbocycles. The molecule has 0 N–H and O–H groups in total. The van der Waals surface area contributed by atoms with Crippen molar-refractivity contribution in [3.05, 3.63) is 131 Å². The lowest BCUT2D eigenvalue weighted by atomic mass is 9.95. The van der Waals surface area contributed by atoms with Gasteiger partial charge in [0, 0.05) is 11.8 Å². The van der Waals surface area contributed by atoms with Crippen LogP contribution < -0.4 is 0 Å². The molecule has 330 valence electrons.